The zero-order chi connectivity index (χ0) is 15.6. The summed E-state index contributed by atoms with van der Waals surface area (Å²) in [5.41, 5.74) is 2.67. The number of carbonyl (C=O) groups excluding carboxylic acids is 1. The minimum atomic E-state index is 0.0639. The molecule has 0 bridgehead atoms. The second-order valence-electron chi connectivity index (χ2n) is 6.93. The Labute approximate surface area is 147 Å². The molecule has 1 heterocycles. The molecule has 0 spiro atoms. The largest absolute Gasteiger partial charge is 0.352 e. The standard InChI is InChI=1S/C19H25NOS2/c21-19(20-16-9-10-17-18(16)23-12-11-22-17)15-8-4-2-6-13-5-1-3-7-14(13)15/h1,3,5,7,15-18H,2,4,6,8-12H2,(H,20,21). The van der Waals surface area contributed by atoms with Gasteiger partial charge < -0.3 is 5.32 Å². The molecule has 4 heteroatoms. The van der Waals surface area contributed by atoms with Crippen LogP contribution < -0.4 is 5.32 Å². The van der Waals surface area contributed by atoms with Crippen molar-refractivity contribution in [3.63, 3.8) is 0 Å². The molecule has 2 nitrogen and oxygen atoms in total. The van der Waals surface area contributed by atoms with Crippen LogP contribution in [-0.2, 0) is 11.2 Å². The zero-order valence-corrected chi connectivity index (χ0v) is 15.1. The number of benzene rings is 1. The van der Waals surface area contributed by atoms with Crippen molar-refractivity contribution in [1.82, 2.24) is 5.32 Å². The van der Waals surface area contributed by atoms with Crippen molar-refractivity contribution >= 4 is 29.4 Å². The first-order valence-corrected chi connectivity index (χ1v) is 11.0. The highest BCUT2D eigenvalue weighted by atomic mass is 32.2. The fraction of sp³-hybridized carbons (Fsp3) is 0.632. The van der Waals surface area contributed by atoms with E-state index >= 15 is 0 Å². The van der Waals surface area contributed by atoms with Gasteiger partial charge >= 0.3 is 0 Å². The summed E-state index contributed by atoms with van der Waals surface area (Å²) >= 11 is 4.20. The Hall–Kier alpha value is -0.610. The minimum Gasteiger partial charge on any atom is -0.352 e. The monoisotopic (exact) mass is 347 g/mol. The third-order valence-corrected chi connectivity index (χ3v) is 8.82. The van der Waals surface area contributed by atoms with E-state index in [1.54, 1.807) is 0 Å². The maximum absolute atomic E-state index is 13.0. The third-order valence-electron chi connectivity index (χ3n) is 5.51. The lowest BCUT2D eigenvalue weighted by Gasteiger charge is -2.30. The molecule has 1 saturated carbocycles. The minimum absolute atomic E-state index is 0.0639. The first-order chi connectivity index (χ1) is 11.3. The molecule has 1 N–H and O–H groups in total. The maximum Gasteiger partial charge on any atom is 0.227 e. The Balaban J connectivity index is 1.49. The Morgan fingerprint density at radius 1 is 1.04 bits per heavy atom. The molecule has 4 unspecified atom stereocenters. The number of amides is 1. The summed E-state index contributed by atoms with van der Waals surface area (Å²) in [6.45, 7) is 0. The normalized spacial score (nSPS) is 33.4. The molecule has 4 rings (SSSR count). The molecule has 124 valence electrons. The summed E-state index contributed by atoms with van der Waals surface area (Å²) in [5.74, 6) is 2.86. The van der Waals surface area contributed by atoms with Gasteiger partial charge in [0.1, 0.15) is 0 Å². The van der Waals surface area contributed by atoms with E-state index in [9.17, 15) is 4.79 Å². The summed E-state index contributed by atoms with van der Waals surface area (Å²) in [7, 11) is 0. The van der Waals surface area contributed by atoms with Gasteiger partial charge in [-0.2, -0.15) is 23.5 Å². The smallest absolute Gasteiger partial charge is 0.227 e. The van der Waals surface area contributed by atoms with Crippen LogP contribution in [0.3, 0.4) is 0 Å². The van der Waals surface area contributed by atoms with Crippen LogP contribution in [0.1, 0.15) is 49.1 Å². The molecule has 1 aliphatic heterocycles. The number of aryl methyl sites for hydroxylation is 1. The lowest BCUT2D eigenvalue weighted by atomic mass is 9.91. The Morgan fingerprint density at radius 2 is 1.91 bits per heavy atom. The maximum atomic E-state index is 13.0. The van der Waals surface area contributed by atoms with Crippen molar-refractivity contribution in [2.45, 2.75) is 61.0 Å². The van der Waals surface area contributed by atoms with Gasteiger partial charge in [-0.1, -0.05) is 30.7 Å². The van der Waals surface area contributed by atoms with Crippen molar-refractivity contribution < 1.29 is 4.79 Å². The second kappa shape index (κ2) is 7.10. The Bertz CT molecular complexity index is 576. The van der Waals surface area contributed by atoms with Crippen molar-refractivity contribution in [3.05, 3.63) is 35.4 Å². The van der Waals surface area contributed by atoms with E-state index in [1.807, 2.05) is 0 Å². The van der Waals surface area contributed by atoms with Crippen LogP contribution in [0, 0.1) is 0 Å². The van der Waals surface area contributed by atoms with Crippen molar-refractivity contribution in [2.75, 3.05) is 11.5 Å². The lowest BCUT2D eigenvalue weighted by molar-refractivity contribution is -0.123. The number of thioether (sulfide) groups is 2. The van der Waals surface area contributed by atoms with Gasteiger partial charge in [0.15, 0.2) is 0 Å². The van der Waals surface area contributed by atoms with Gasteiger partial charge in [0.05, 0.1) is 5.92 Å². The quantitative estimate of drug-likeness (QED) is 0.820. The van der Waals surface area contributed by atoms with Crippen LogP contribution in [0.15, 0.2) is 24.3 Å². The van der Waals surface area contributed by atoms with Crippen LogP contribution in [0.5, 0.6) is 0 Å². The van der Waals surface area contributed by atoms with E-state index in [1.165, 1.54) is 35.5 Å². The van der Waals surface area contributed by atoms with Gasteiger partial charge in [0.25, 0.3) is 0 Å². The summed E-state index contributed by atoms with van der Waals surface area (Å²) in [5, 5.41) is 4.85. The van der Waals surface area contributed by atoms with Gasteiger partial charge in [-0.05, 0) is 43.2 Å². The highest BCUT2D eigenvalue weighted by molar-refractivity contribution is 8.07. The van der Waals surface area contributed by atoms with Gasteiger partial charge in [-0.15, -0.1) is 0 Å². The first-order valence-electron chi connectivity index (χ1n) is 8.94. The fourth-order valence-corrected chi connectivity index (χ4v) is 7.63. The summed E-state index contributed by atoms with van der Waals surface area (Å²) in [4.78, 5) is 13.0. The van der Waals surface area contributed by atoms with Crippen molar-refractivity contribution in [1.29, 1.82) is 0 Å². The highest BCUT2D eigenvalue weighted by Crippen LogP contribution is 2.42. The molecule has 2 fully saturated rings. The lowest BCUT2D eigenvalue weighted by Crippen LogP contribution is -2.44. The van der Waals surface area contributed by atoms with E-state index in [4.69, 9.17) is 0 Å². The predicted molar refractivity (Wildman–Crippen MR) is 100 cm³/mol. The van der Waals surface area contributed by atoms with Gasteiger partial charge in [0, 0.05) is 28.0 Å². The van der Waals surface area contributed by atoms with Gasteiger partial charge in [0.2, 0.25) is 5.91 Å². The molecule has 1 saturated heterocycles. The number of carbonyl (C=O) groups is 1. The van der Waals surface area contributed by atoms with Crippen LogP contribution in [0.4, 0.5) is 0 Å². The first kappa shape index (κ1) is 15.9. The van der Waals surface area contributed by atoms with Crippen molar-refractivity contribution in [2.24, 2.45) is 0 Å². The van der Waals surface area contributed by atoms with Crippen molar-refractivity contribution in [3.8, 4) is 0 Å². The van der Waals surface area contributed by atoms with Crippen LogP contribution in [0.2, 0.25) is 0 Å². The van der Waals surface area contributed by atoms with Crippen LogP contribution >= 0.6 is 23.5 Å². The van der Waals surface area contributed by atoms with E-state index < -0.39 is 0 Å². The van der Waals surface area contributed by atoms with Crippen LogP contribution in [0.25, 0.3) is 0 Å². The molecular weight excluding hydrogens is 322 g/mol. The molecule has 0 radical (unpaired) electrons. The number of hydrogen-bond acceptors (Lipinski definition) is 3. The molecule has 1 aromatic carbocycles. The second-order valence-corrected chi connectivity index (χ2v) is 9.57. The van der Waals surface area contributed by atoms with E-state index in [0.29, 0.717) is 11.3 Å². The van der Waals surface area contributed by atoms with E-state index in [-0.39, 0.29) is 11.8 Å². The number of rotatable bonds is 2. The molecule has 4 atom stereocenters. The number of nitrogens with one attached hydrogen (secondary N) is 1. The molecule has 2 aliphatic carbocycles. The zero-order valence-electron chi connectivity index (χ0n) is 13.5. The summed E-state index contributed by atoms with van der Waals surface area (Å²) < 4.78 is 0. The van der Waals surface area contributed by atoms with E-state index in [0.717, 1.165) is 30.9 Å². The van der Waals surface area contributed by atoms with Crippen LogP contribution in [-0.4, -0.2) is 34.0 Å². The molecule has 0 aromatic heterocycles. The SMILES string of the molecule is O=C(NC1CCC2SCCSC12)C1CCCCc2ccccc21. The molecular formula is C19H25NOS2. The molecule has 1 aromatic rings. The number of hydrogen-bond donors (Lipinski definition) is 1. The Kier molecular flexibility index (Phi) is 4.91. The fourth-order valence-electron chi connectivity index (χ4n) is 4.35. The number of fused-ring (bicyclic) bond motifs is 2. The predicted octanol–water partition coefficient (Wildman–Crippen LogP) is 3.99. The molecule has 23 heavy (non-hydrogen) atoms. The Morgan fingerprint density at radius 3 is 2.87 bits per heavy atom. The third kappa shape index (κ3) is 3.30. The molecule has 3 aliphatic rings. The summed E-state index contributed by atoms with van der Waals surface area (Å²) in [6.07, 6.45) is 6.94. The average molecular weight is 348 g/mol. The highest BCUT2D eigenvalue weighted by Gasteiger charge is 2.40. The van der Waals surface area contributed by atoms with Gasteiger partial charge in [-0.3, -0.25) is 4.79 Å². The van der Waals surface area contributed by atoms with Gasteiger partial charge in [-0.25, -0.2) is 0 Å². The average Bonchev–Trinajstić information content (AvgIpc) is 2.86. The van der Waals surface area contributed by atoms with E-state index in [2.05, 4.69) is 53.1 Å². The topological polar surface area (TPSA) is 29.1 Å². The summed E-state index contributed by atoms with van der Waals surface area (Å²) in [6, 6.07) is 8.97. The molecule has 1 amide bonds.